The van der Waals surface area contributed by atoms with Gasteiger partial charge in [-0.25, -0.2) is 0 Å². The highest BCUT2D eigenvalue weighted by molar-refractivity contribution is 5.21. The molecule has 1 aliphatic rings. The first kappa shape index (κ1) is 39.4. The fourth-order valence-corrected chi connectivity index (χ4v) is 5.26. The molecule has 3 rings (SSSR count). The second-order valence-corrected chi connectivity index (χ2v) is 13.8. The molecule has 1 fully saturated rings. The number of benzene rings is 2. The molecule has 0 bridgehead atoms. The lowest BCUT2D eigenvalue weighted by atomic mass is 9.77. The molecule has 1 aliphatic carbocycles. The van der Waals surface area contributed by atoms with Crippen molar-refractivity contribution < 1.29 is 0 Å². The van der Waals surface area contributed by atoms with E-state index in [2.05, 4.69) is 109 Å². The van der Waals surface area contributed by atoms with Crippen molar-refractivity contribution in [1.29, 1.82) is 0 Å². The van der Waals surface area contributed by atoms with Crippen molar-refractivity contribution in [3.8, 4) is 0 Å². The highest BCUT2D eigenvalue weighted by Gasteiger charge is 2.21. The van der Waals surface area contributed by atoms with Crippen LogP contribution < -0.4 is 11.1 Å². The minimum Gasteiger partial charge on any atom is -0.382 e. The third kappa shape index (κ3) is 17.6. The van der Waals surface area contributed by atoms with Gasteiger partial charge in [0.25, 0.3) is 0 Å². The highest BCUT2D eigenvalue weighted by atomic mass is 14.9. The van der Waals surface area contributed by atoms with Gasteiger partial charge in [0.05, 0.1) is 6.04 Å². The lowest BCUT2D eigenvalue weighted by molar-refractivity contribution is 0.221. The number of nitrogens with one attached hydrogen (secondary N) is 1. The van der Waals surface area contributed by atoms with Crippen LogP contribution in [0.15, 0.2) is 97.2 Å². The van der Waals surface area contributed by atoms with Crippen LogP contribution in [0, 0.1) is 11.3 Å². The molecule has 2 unspecified atom stereocenters. The molecule has 246 valence electrons. The summed E-state index contributed by atoms with van der Waals surface area (Å²) in [5.74, 6) is 0.733. The average Bonchev–Trinajstić information content (AvgIpc) is 3.04. The van der Waals surface area contributed by atoms with Crippen molar-refractivity contribution in [2.24, 2.45) is 17.1 Å². The first-order valence-electron chi connectivity index (χ1n) is 17.6. The summed E-state index contributed by atoms with van der Waals surface area (Å²) >= 11 is 0. The molecule has 0 aromatic heterocycles. The van der Waals surface area contributed by atoms with Crippen molar-refractivity contribution in [3.05, 3.63) is 108 Å². The summed E-state index contributed by atoms with van der Waals surface area (Å²) in [6, 6.07) is 21.3. The van der Waals surface area contributed by atoms with E-state index in [0.717, 1.165) is 49.3 Å². The van der Waals surface area contributed by atoms with Gasteiger partial charge in [-0.2, -0.15) is 0 Å². The Morgan fingerprint density at radius 3 is 1.61 bits per heavy atom. The van der Waals surface area contributed by atoms with Crippen LogP contribution in [-0.2, 0) is 12.8 Å². The summed E-state index contributed by atoms with van der Waals surface area (Å²) in [4.78, 5) is 0. The van der Waals surface area contributed by atoms with Crippen molar-refractivity contribution in [3.63, 3.8) is 0 Å². The molecule has 2 heteroatoms. The predicted octanol–water partition coefficient (Wildman–Crippen LogP) is 11.8. The van der Waals surface area contributed by atoms with E-state index < -0.39 is 0 Å². The summed E-state index contributed by atoms with van der Waals surface area (Å²) in [6.45, 7) is 26.2. The van der Waals surface area contributed by atoms with Crippen molar-refractivity contribution in [2.45, 2.75) is 144 Å². The minimum atomic E-state index is 0.104. The summed E-state index contributed by atoms with van der Waals surface area (Å²) in [7, 11) is 0. The molecule has 2 nitrogen and oxygen atoms in total. The molecule has 0 aliphatic heterocycles. The maximum Gasteiger partial charge on any atom is 0.0508 e. The lowest BCUT2D eigenvalue weighted by Gasteiger charge is -2.29. The third-order valence-electron chi connectivity index (χ3n) is 9.50. The van der Waals surface area contributed by atoms with Gasteiger partial charge in [0.15, 0.2) is 0 Å². The number of hydrogen-bond donors (Lipinski definition) is 2. The monoisotopic (exact) mass is 601 g/mol. The van der Waals surface area contributed by atoms with Gasteiger partial charge in [0, 0.05) is 11.7 Å². The predicted molar refractivity (Wildman–Crippen MR) is 198 cm³/mol. The van der Waals surface area contributed by atoms with Gasteiger partial charge in [-0.1, -0.05) is 178 Å². The largest absolute Gasteiger partial charge is 0.382 e. The molecule has 2 aromatic rings. The number of allylic oxidation sites excluding steroid dienone is 1. The Labute approximate surface area is 273 Å². The third-order valence-corrected chi connectivity index (χ3v) is 9.50. The fraction of sp³-hybridized carbons (Fsp3) is 0.571. The SMILES string of the molecule is C1CCCCC1.C=C(CC)C(N)Cc1ccccc1.C=C(CCCCC(C)(C)C(C)C)NC(Cc1ccccc1)C(=C)CC. The molecular formula is C42H68N2. The van der Waals surface area contributed by atoms with Crippen LogP contribution in [-0.4, -0.2) is 12.1 Å². The van der Waals surface area contributed by atoms with Crippen molar-refractivity contribution in [2.75, 3.05) is 0 Å². The Bertz CT molecular complexity index is 1020. The summed E-state index contributed by atoms with van der Waals surface area (Å²) < 4.78 is 0. The Balaban J connectivity index is 0.000000416. The van der Waals surface area contributed by atoms with Gasteiger partial charge >= 0.3 is 0 Å². The number of hydrogen-bond acceptors (Lipinski definition) is 2. The smallest absolute Gasteiger partial charge is 0.0508 e. The topological polar surface area (TPSA) is 38.0 Å². The van der Waals surface area contributed by atoms with Crippen LogP contribution in [0.25, 0.3) is 0 Å². The molecule has 3 N–H and O–H groups in total. The molecule has 44 heavy (non-hydrogen) atoms. The van der Waals surface area contributed by atoms with Crippen LogP contribution in [0.2, 0.25) is 0 Å². The van der Waals surface area contributed by atoms with Crippen molar-refractivity contribution in [1.82, 2.24) is 5.32 Å². The second kappa shape index (κ2) is 22.9. The maximum absolute atomic E-state index is 5.96. The van der Waals surface area contributed by atoms with E-state index in [4.69, 9.17) is 5.73 Å². The van der Waals surface area contributed by atoms with E-state index in [1.165, 1.54) is 74.5 Å². The molecule has 1 saturated carbocycles. The molecular weight excluding hydrogens is 532 g/mol. The van der Waals surface area contributed by atoms with Crippen LogP contribution in [0.3, 0.4) is 0 Å². The Hall–Kier alpha value is -2.58. The van der Waals surface area contributed by atoms with Gasteiger partial charge < -0.3 is 11.1 Å². The molecule has 0 heterocycles. The van der Waals surface area contributed by atoms with E-state index in [1.54, 1.807) is 0 Å². The Morgan fingerprint density at radius 2 is 1.18 bits per heavy atom. The van der Waals surface area contributed by atoms with E-state index in [1.807, 2.05) is 18.2 Å². The summed E-state index contributed by atoms with van der Waals surface area (Å²) in [6.07, 6.45) is 17.7. The van der Waals surface area contributed by atoms with Crippen LogP contribution >= 0.6 is 0 Å². The highest BCUT2D eigenvalue weighted by Crippen LogP contribution is 2.32. The molecule has 0 spiro atoms. The van der Waals surface area contributed by atoms with Gasteiger partial charge in [-0.05, 0) is 67.4 Å². The lowest BCUT2D eigenvalue weighted by Crippen LogP contribution is -2.31. The van der Waals surface area contributed by atoms with Crippen LogP contribution in [0.1, 0.15) is 130 Å². The van der Waals surface area contributed by atoms with Gasteiger partial charge in [-0.3, -0.25) is 0 Å². The van der Waals surface area contributed by atoms with E-state index in [-0.39, 0.29) is 12.1 Å². The average molecular weight is 601 g/mol. The molecule has 2 aromatic carbocycles. The Kier molecular flexibility index (Phi) is 20.5. The van der Waals surface area contributed by atoms with Crippen LogP contribution in [0.5, 0.6) is 0 Å². The number of nitrogens with two attached hydrogens (primary N) is 1. The standard InChI is InChI=1S/C24H39N.C12H17N.C6H12/c1-8-20(4)23(18-22-15-10-9-11-16-22)25-21(5)14-12-13-17-24(6,7)19(2)3;1-3-10(2)12(13)9-11-7-5-4-6-8-11;1-2-4-6-5-3-1/h9-11,15-16,19,23,25H,4-5,8,12-14,17-18H2,1-3,6-7H3;4-8,12H,2-3,9,13H2,1H3;1-6H2. The summed E-state index contributed by atoms with van der Waals surface area (Å²) in [5.41, 5.74) is 12.6. The molecule has 0 amide bonds. The van der Waals surface area contributed by atoms with Gasteiger partial charge in [-0.15, -0.1) is 0 Å². The maximum atomic E-state index is 5.96. The zero-order chi connectivity index (χ0) is 32.8. The molecule has 0 saturated heterocycles. The Morgan fingerprint density at radius 1 is 0.727 bits per heavy atom. The zero-order valence-corrected chi connectivity index (χ0v) is 29.6. The van der Waals surface area contributed by atoms with E-state index >= 15 is 0 Å². The van der Waals surface area contributed by atoms with Crippen LogP contribution in [0.4, 0.5) is 0 Å². The van der Waals surface area contributed by atoms with Crippen molar-refractivity contribution >= 4 is 0 Å². The second-order valence-electron chi connectivity index (χ2n) is 13.8. The fourth-order valence-electron chi connectivity index (χ4n) is 5.26. The number of unbranched alkanes of at least 4 members (excludes halogenated alkanes) is 1. The number of rotatable bonds is 16. The van der Waals surface area contributed by atoms with E-state index in [0.29, 0.717) is 5.41 Å². The minimum absolute atomic E-state index is 0.104. The normalized spacial score (nSPS) is 14.3. The molecule has 2 atom stereocenters. The first-order chi connectivity index (χ1) is 21.0. The van der Waals surface area contributed by atoms with Gasteiger partial charge in [0.2, 0.25) is 0 Å². The quantitative estimate of drug-likeness (QED) is 0.149. The zero-order valence-electron chi connectivity index (χ0n) is 29.6. The van der Waals surface area contributed by atoms with E-state index in [9.17, 15) is 0 Å². The summed E-state index contributed by atoms with van der Waals surface area (Å²) in [5, 5.41) is 3.64. The first-order valence-corrected chi connectivity index (χ1v) is 17.6. The molecule has 0 radical (unpaired) electrons. The van der Waals surface area contributed by atoms with Gasteiger partial charge in [0.1, 0.15) is 0 Å².